The summed E-state index contributed by atoms with van der Waals surface area (Å²) in [5.74, 6) is 0. The Morgan fingerprint density at radius 2 is 2.33 bits per heavy atom. The molecule has 0 spiro atoms. The summed E-state index contributed by atoms with van der Waals surface area (Å²) in [4.78, 5) is 2.60. The predicted molar refractivity (Wildman–Crippen MR) is 66.9 cm³/mol. The third-order valence-electron chi connectivity index (χ3n) is 4.07. The lowest BCUT2D eigenvalue weighted by molar-refractivity contribution is 0.268. The van der Waals surface area contributed by atoms with Crippen LogP contribution in [0.15, 0.2) is 6.20 Å². The van der Waals surface area contributed by atoms with Crippen LogP contribution in [-0.2, 0) is 13.1 Å². The molecule has 0 bridgehead atoms. The SMILES string of the molecule is OCCn1cc(CNC2CCN3CCCC23)nn1. The van der Waals surface area contributed by atoms with Crippen LogP contribution in [0.1, 0.15) is 25.0 Å². The van der Waals surface area contributed by atoms with Crippen molar-refractivity contribution in [3.63, 3.8) is 0 Å². The first-order valence-corrected chi connectivity index (χ1v) is 6.84. The van der Waals surface area contributed by atoms with Crippen molar-refractivity contribution in [1.29, 1.82) is 0 Å². The number of aliphatic hydroxyl groups excluding tert-OH is 1. The van der Waals surface area contributed by atoms with Crippen LogP contribution in [0, 0.1) is 0 Å². The third-order valence-corrected chi connectivity index (χ3v) is 4.07. The van der Waals surface area contributed by atoms with E-state index in [-0.39, 0.29) is 6.61 Å². The molecular weight excluding hydrogens is 230 g/mol. The summed E-state index contributed by atoms with van der Waals surface area (Å²) < 4.78 is 1.69. The largest absolute Gasteiger partial charge is 0.394 e. The van der Waals surface area contributed by atoms with Gasteiger partial charge in [0, 0.05) is 31.4 Å². The van der Waals surface area contributed by atoms with Crippen LogP contribution in [0.5, 0.6) is 0 Å². The summed E-state index contributed by atoms with van der Waals surface area (Å²) in [5.41, 5.74) is 0.958. The fourth-order valence-corrected chi connectivity index (χ4v) is 3.19. The van der Waals surface area contributed by atoms with Crippen molar-refractivity contribution in [1.82, 2.24) is 25.2 Å². The number of nitrogens with one attached hydrogen (secondary N) is 1. The first-order valence-electron chi connectivity index (χ1n) is 6.84. The molecule has 3 heterocycles. The van der Waals surface area contributed by atoms with E-state index < -0.39 is 0 Å². The Morgan fingerprint density at radius 1 is 1.39 bits per heavy atom. The Morgan fingerprint density at radius 3 is 3.22 bits per heavy atom. The fourth-order valence-electron chi connectivity index (χ4n) is 3.19. The molecule has 6 nitrogen and oxygen atoms in total. The Kier molecular flexibility index (Phi) is 3.58. The van der Waals surface area contributed by atoms with Crippen molar-refractivity contribution in [2.24, 2.45) is 0 Å². The molecule has 3 rings (SSSR count). The number of fused-ring (bicyclic) bond motifs is 1. The van der Waals surface area contributed by atoms with Gasteiger partial charge in [-0.25, -0.2) is 4.68 Å². The molecule has 0 aliphatic carbocycles. The van der Waals surface area contributed by atoms with Crippen molar-refractivity contribution < 1.29 is 5.11 Å². The topological polar surface area (TPSA) is 66.2 Å². The molecule has 0 amide bonds. The lowest BCUT2D eigenvalue weighted by Crippen LogP contribution is -2.38. The molecule has 2 unspecified atom stereocenters. The van der Waals surface area contributed by atoms with E-state index in [1.807, 2.05) is 6.20 Å². The number of hydrogen-bond acceptors (Lipinski definition) is 5. The minimum Gasteiger partial charge on any atom is -0.394 e. The average Bonchev–Trinajstić information content (AvgIpc) is 3.02. The summed E-state index contributed by atoms with van der Waals surface area (Å²) in [6.07, 6.45) is 5.82. The Labute approximate surface area is 107 Å². The van der Waals surface area contributed by atoms with Crippen molar-refractivity contribution >= 4 is 0 Å². The standard InChI is InChI=1S/C12H21N5O/c18-7-6-17-9-10(14-15-17)8-13-11-3-5-16-4-1-2-12(11)16/h9,11-13,18H,1-8H2. The van der Waals surface area contributed by atoms with Crippen LogP contribution in [0.4, 0.5) is 0 Å². The minimum absolute atomic E-state index is 0.107. The number of hydrogen-bond donors (Lipinski definition) is 2. The fraction of sp³-hybridized carbons (Fsp3) is 0.833. The molecule has 18 heavy (non-hydrogen) atoms. The smallest absolute Gasteiger partial charge is 0.0964 e. The van der Waals surface area contributed by atoms with Gasteiger partial charge in [-0.2, -0.15) is 0 Å². The van der Waals surface area contributed by atoms with Gasteiger partial charge in [-0.05, 0) is 25.8 Å². The van der Waals surface area contributed by atoms with E-state index in [1.165, 1.54) is 32.4 Å². The zero-order valence-corrected chi connectivity index (χ0v) is 10.6. The van der Waals surface area contributed by atoms with Gasteiger partial charge in [0.2, 0.25) is 0 Å². The lowest BCUT2D eigenvalue weighted by atomic mass is 10.1. The van der Waals surface area contributed by atoms with E-state index in [2.05, 4.69) is 20.5 Å². The number of aliphatic hydroxyl groups is 1. The van der Waals surface area contributed by atoms with Crippen LogP contribution in [-0.4, -0.2) is 56.8 Å². The highest BCUT2D eigenvalue weighted by Crippen LogP contribution is 2.27. The van der Waals surface area contributed by atoms with E-state index in [9.17, 15) is 0 Å². The van der Waals surface area contributed by atoms with E-state index >= 15 is 0 Å². The highest BCUT2D eigenvalue weighted by molar-refractivity contribution is 4.98. The molecule has 2 N–H and O–H groups in total. The van der Waals surface area contributed by atoms with Gasteiger partial charge >= 0.3 is 0 Å². The van der Waals surface area contributed by atoms with Gasteiger partial charge in [0.05, 0.1) is 18.8 Å². The maximum Gasteiger partial charge on any atom is 0.0964 e. The lowest BCUT2D eigenvalue weighted by Gasteiger charge is -2.20. The summed E-state index contributed by atoms with van der Waals surface area (Å²) in [6.45, 7) is 3.91. The van der Waals surface area contributed by atoms with Gasteiger partial charge in [-0.15, -0.1) is 5.10 Å². The quantitative estimate of drug-likeness (QED) is 0.745. The van der Waals surface area contributed by atoms with Gasteiger partial charge in [0.15, 0.2) is 0 Å². The maximum absolute atomic E-state index is 8.82. The summed E-state index contributed by atoms with van der Waals surface area (Å²) in [6, 6.07) is 1.34. The second-order valence-corrected chi connectivity index (χ2v) is 5.22. The molecule has 2 fully saturated rings. The van der Waals surface area contributed by atoms with Crippen LogP contribution >= 0.6 is 0 Å². The van der Waals surface area contributed by atoms with Crippen molar-refractivity contribution in [2.45, 2.75) is 44.4 Å². The number of rotatable bonds is 5. The van der Waals surface area contributed by atoms with Crippen molar-refractivity contribution in [3.8, 4) is 0 Å². The van der Waals surface area contributed by atoms with Crippen LogP contribution in [0.3, 0.4) is 0 Å². The van der Waals surface area contributed by atoms with Gasteiger partial charge in [0.1, 0.15) is 0 Å². The summed E-state index contributed by atoms with van der Waals surface area (Å²) in [7, 11) is 0. The summed E-state index contributed by atoms with van der Waals surface area (Å²) in [5, 5.41) is 20.5. The van der Waals surface area contributed by atoms with Gasteiger partial charge in [0.25, 0.3) is 0 Å². The molecule has 2 saturated heterocycles. The second-order valence-electron chi connectivity index (χ2n) is 5.22. The first-order chi connectivity index (χ1) is 8.86. The highest BCUT2D eigenvalue weighted by Gasteiger charge is 2.36. The predicted octanol–water partition coefficient (Wildman–Crippen LogP) is -0.403. The van der Waals surface area contributed by atoms with Gasteiger partial charge in [-0.3, -0.25) is 4.90 Å². The molecule has 2 aliphatic rings. The van der Waals surface area contributed by atoms with E-state index in [0.29, 0.717) is 12.6 Å². The molecule has 0 aromatic carbocycles. The molecule has 0 saturated carbocycles. The molecule has 2 atom stereocenters. The van der Waals surface area contributed by atoms with Crippen LogP contribution in [0.25, 0.3) is 0 Å². The first kappa shape index (κ1) is 12.1. The zero-order chi connectivity index (χ0) is 12.4. The molecule has 1 aromatic rings. The van der Waals surface area contributed by atoms with E-state index in [4.69, 9.17) is 5.11 Å². The molecule has 0 radical (unpaired) electrons. The molecule has 100 valence electrons. The number of aromatic nitrogens is 3. The third kappa shape index (κ3) is 2.41. The number of nitrogens with zero attached hydrogens (tertiary/aromatic N) is 4. The molecule has 2 aliphatic heterocycles. The Hall–Kier alpha value is -0.980. The van der Waals surface area contributed by atoms with E-state index in [0.717, 1.165) is 18.3 Å². The molecule has 6 heteroatoms. The Balaban J connectivity index is 1.51. The monoisotopic (exact) mass is 251 g/mol. The van der Waals surface area contributed by atoms with E-state index in [1.54, 1.807) is 4.68 Å². The van der Waals surface area contributed by atoms with Gasteiger partial charge < -0.3 is 10.4 Å². The van der Waals surface area contributed by atoms with Crippen molar-refractivity contribution in [3.05, 3.63) is 11.9 Å². The zero-order valence-electron chi connectivity index (χ0n) is 10.6. The molecular formula is C12H21N5O. The Bertz CT molecular complexity index is 394. The average molecular weight is 251 g/mol. The second kappa shape index (κ2) is 5.34. The van der Waals surface area contributed by atoms with Crippen LogP contribution in [0.2, 0.25) is 0 Å². The normalized spacial score (nSPS) is 27.8. The van der Waals surface area contributed by atoms with Gasteiger partial charge in [-0.1, -0.05) is 5.21 Å². The van der Waals surface area contributed by atoms with Crippen molar-refractivity contribution in [2.75, 3.05) is 19.7 Å². The minimum atomic E-state index is 0.107. The summed E-state index contributed by atoms with van der Waals surface area (Å²) >= 11 is 0. The maximum atomic E-state index is 8.82. The highest BCUT2D eigenvalue weighted by atomic mass is 16.3. The molecule has 1 aromatic heterocycles. The van der Waals surface area contributed by atoms with Crippen LogP contribution < -0.4 is 5.32 Å².